The number of carbonyl (C=O) groups is 1. The van der Waals surface area contributed by atoms with E-state index >= 15 is 0 Å². The normalized spacial score (nSPS) is 11.4. The monoisotopic (exact) mass is 334 g/mol. The largest absolute Gasteiger partial charge is 0.272 e. The molecule has 2 aromatic carbocycles. The van der Waals surface area contributed by atoms with Crippen molar-refractivity contribution < 1.29 is 4.79 Å². The summed E-state index contributed by atoms with van der Waals surface area (Å²) in [5.41, 5.74) is 6.88. The molecule has 0 saturated carbocycles. The molecule has 0 radical (unpaired) electrons. The maximum atomic E-state index is 12.1. The number of carbonyl (C=O) groups excluding carboxylic acids is 1. The van der Waals surface area contributed by atoms with Crippen molar-refractivity contribution in [2.75, 3.05) is 0 Å². The highest BCUT2D eigenvalue weighted by atomic mass is 35.5. The van der Waals surface area contributed by atoms with E-state index in [9.17, 15) is 4.79 Å². The van der Waals surface area contributed by atoms with Crippen LogP contribution in [0.4, 0.5) is 0 Å². The number of aryl methyl sites for hydroxylation is 2. The summed E-state index contributed by atoms with van der Waals surface area (Å²) >= 11 is 11.8. The number of rotatable bonds is 3. The van der Waals surface area contributed by atoms with Crippen LogP contribution in [-0.2, 0) is 0 Å². The molecule has 0 atom stereocenters. The average molecular weight is 335 g/mol. The molecule has 3 nitrogen and oxygen atoms in total. The summed E-state index contributed by atoms with van der Waals surface area (Å²) in [7, 11) is 0. The minimum atomic E-state index is -0.370. The van der Waals surface area contributed by atoms with Gasteiger partial charge in [-0.25, -0.2) is 5.43 Å². The fraction of sp³-hybridized carbons (Fsp3) is 0.176. The minimum Gasteiger partial charge on any atom is -0.267 e. The zero-order valence-electron chi connectivity index (χ0n) is 12.6. The highest BCUT2D eigenvalue weighted by molar-refractivity contribution is 6.36. The molecule has 0 aliphatic carbocycles. The van der Waals surface area contributed by atoms with Gasteiger partial charge in [0.25, 0.3) is 5.91 Å². The van der Waals surface area contributed by atoms with Crippen LogP contribution in [-0.4, -0.2) is 11.6 Å². The van der Waals surface area contributed by atoms with Crippen molar-refractivity contribution in [1.29, 1.82) is 0 Å². The number of benzene rings is 2. The lowest BCUT2D eigenvalue weighted by Gasteiger charge is -2.08. The fourth-order valence-electron chi connectivity index (χ4n) is 2.15. The Hall–Kier alpha value is -1.84. The number of halogens is 2. The number of hydrogen-bond donors (Lipinski definition) is 1. The van der Waals surface area contributed by atoms with Crippen molar-refractivity contribution in [1.82, 2.24) is 5.43 Å². The standard InChI is InChI=1S/C17H16Cl2N2O/c1-10-4-6-14(11(2)8-10)12(3)20-21-17(22)15-7-5-13(18)9-16(15)19/h4-9H,1-3H3,(H,21,22)/b20-12+. The molecule has 114 valence electrons. The molecule has 0 aliphatic rings. The van der Waals surface area contributed by atoms with E-state index in [-0.39, 0.29) is 5.91 Å². The highest BCUT2D eigenvalue weighted by Crippen LogP contribution is 2.20. The Bertz CT molecular complexity index is 754. The lowest BCUT2D eigenvalue weighted by atomic mass is 10.0. The van der Waals surface area contributed by atoms with Crippen LogP contribution in [0.15, 0.2) is 41.5 Å². The quantitative estimate of drug-likeness (QED) is 0.637. The first-order valence-corrected chi connectivity index (χ1v) is 7.51. The second-order valence-corrected chi connectivity index (χ2v) is 5.92. The molecule has 22 heavy (non-hydrogen) atoms. The zero-order valence-corrected chi connectivity index (χ0v) is 14.1. The van der Waals surface area contributed by atoms with Crippen molar-refractivity contribution in [3.8, 4) is 0 Å². The summed E-state index contributed by atoms with van der Waals surface area (Å²) < 4.78 is 0. The van der Waals surface area contributed by atoms with Crippen molar-refractivity contribution in [3.63, 3.8) is 0 Å². The summed E-state index contributed by atoms with van der Waals surface area (Å²) in [6, 6.07) is 10.8. The minimum absolute atomic E-state index is 0.296. The van der Waals surface area contributed by atoms with Crippen LogP contribution >= 0.6 is 23.2 Å². The van der Waals surface area contributed by atoms with Gasteiger partial charge in [0.05, 0.1) is 16.3 Å². The van der Waals surface area contributed by atoms with Gasteiger partial charge in [-0.1, -0.05) is 47.0 Å². The van der Waals surface area contributed by atoms with E-state index in [0.717, 1.165) is 16.8 Å². The Morgan fingerprint density at radius 1 is 1.05 bits per heavy atom. The topological polar surface area (TPSA) is 41.5 Å². The Labute approximate surface area is 139 Å². The van der Waals surface area contributed by atoms with Crippen LogP contribution in [0, 0.1) is 13.8 Å². The van der Waals surface area contributed by atoms with Gasteiger partial charge in [-0.05, 0) is 44.5 Å². The molecule has 0 aliphatic heterocycles. The van der Waals surface area contributed by atoms with Gasteiger partial charge in [0.1, 0.15) is 0 Å². The van der Waals surface area contributed by atoms with Crippen molar-refractivity contribution in [3.05, 3.63) is 68.7 Å². The Balaban J connectivity index is 2.18. The predicted octanol–water partition coefficient (Wildman–Crippen LogP) is 4.76. The third-order valence-corrected chi connectivity index (χ3v) is 3.82. The first-order chi connectivity index (χ1) is 10.4. The first kappa shape index (κ1) is 16.5. The third kappa shape index (κ3) is 3.87. The van der Waals surface area contributed by atoms with E-state index in [4.69, 9.17) is 23.2 Å². The lowest BCUT2D eigenvalue weighted by molar-refractivity contribution is 0.0955. The van der Waals surface area contributed by atoms with Crippen LogP contribution in [0.5, 0.6) is 0 Å². The molecule has 1 N–H and O–H groups in total. The number of hydrogen-bond acceptors (Lipinski definition) is 2. The Morgan fingerprint density at radius 3 is 2.36 bits per heavy atom. The van der Waals surface area contributed by atoms with E-state index < -0.39 is 0 Å². The fourth-order valence-corrected chi connectivity index (χ4v) is 2.64. The van der Waals surface area contributed by atoms with E-state index in [1.54, 1.807) is 12.1 Å². The molecule has 0 fully saturated rings. The van der Waals surface area contributed by atoms with Crippen LogP contribution in [0.3, 0.4) is 0 Å². The molecule has 2 rings (SSSR count). The Kier molecular flexibility index (Phi) is 5.22. The molecule has 0 heterocycles. The molecule has 2 aromatic rings. The van der Waals surface area contributed by atoms with Gasteiger partial charge in [-0.3, -0.25) is 4.79 Å². The molecule has 0 bridgehead atoms. The van der Waals surface area contributed by atoms with E-state index in [2.05, 4.69) is 16.6 Å². The average Bonchev–Trinajstić information content (AvgIpc) is 2.44. The summed E-state index contributed by atoms with van der Waals surface area (Å²) in [5, 5.41) is 4.93. The van der Waals surface area contributed by atoms with Gasteiger partial charge in [0.2, 0.25) is 0 Å². The van der Waals surface area contributed by atoms with Crippen molar-refractivity contribution in [2.45, 2.75) is 20.8 Å². The van der Waals surface area contributed by atoms with Crippen LogP contribution < -0.4 is 5.43 Å². The summed E-state index contributed by atoms with van der Waals surface area (Å²) in [5.74, 6) is -0.370. The van der Waals surface area contributed by atoms with Crippen LogP contribution in [0.1, 0.15) is 34.0 Å². The highest BCUT2D eigenvalue weighted by Gasteiger charge is 2.10. The molecule has 1 amide bonds. The third-order valence-electron chi connectivity index (χ3n) is 3.27. The molecule has 0 aromatic heterocycles. The summed E-state index contributed by atoms with van der Waals surface area (Å²) in [6.45, 7) is 5.90. The SMILES string of the molecule is C/C(=N\NC(=O)c1ccc(Cl)cc1Cl)c1ccc(C)cc1C. The van der Waals surface area contributed by atoms with Crippen molar-refractivity contribution >= 4 is 34.8 Å². The maximum Gasteiger partial charge on any atom is 0.272 e. The zero-order chi connectivity index (χ0) is 16.3. The van der Waals surface area contributed by atoms with Gasteiger partial charge in [-0.15, -0.1) is 0 Å². The number of nitrogens with one attached hydrogen (secondary N) is 1. The number of nitrogens with zero attached hydrogens (tertiary/aromatic N) is 1. The van der Waals surface area contributed by atoms with Gasteiger partial charge in [0, 0.05) is 10.6 Å². The predicted molar refractivity (Wildman–Crippen MR) is 92.1 cm³/mol. The first-order valence-electron chi connectivity index (χ1n) is 6.76. The molecular weight excluding hydrogens is 319 g/mol. The molecular formula is C17H16Cl2N2O. The maximum absolute atomic E-state index is 12.1. The second-order valence-electron chi connectivity index (χ2n) is 5.08. The van der Waals surface area contributed by atoms with Crippen LogP contribution in [0.25, 0.3) is 0 Å². The molecule has 0 saturated heterocycles. The summed E-state index contributed by atoms with van der Waals surface area (Å²) in [6.07, 6.45) is 0. The smallest absolute Gasteiger partial charge is 0.267 e. The van der Waals surface area contributed by atoms with Gasteiger partial charge in [-0.2, -0.15) is 5.10 Å². The number of amides is 1. The van der Waals surface area contributed by atoms with E-state index in [0.29, 0.717) is 15.6 Å². The van der Waals surface area contributed by atoms with E-state index in [1.165, 1.54) is 11.6 Å². The number of hydrazone groups is 1. The Morgan fingerprint density at radius 2 is 1.73 bits per heavy atom. The van der Waals surface area contributed by atoms with E-state index in [1.807, 2.05) is 32.9 Å². The summed E-state index contributed by atoms with van der Waals surface area (Å²) in [4.78, 5) is 12.1. The lowest BCUT2D eigenvalue weighted by Crippen LogP contribution is -2.20. The van der Waals surface area contributed by atoms with Crippen LogP contribution in [0.2, 0.25) is 10.0 Å². The van der Waals surface area contributed by atoms with Gasteiger partial charge >= 0.3 is 0 Å². The van der Waals surface area contributed by atoms with Gasteiger partial charge < -0.3 is 0 Å². The molecule has 0 unspecified atom stereocenters. The molecule has 5 heteroatoms. The molecule has 0 spiro atoms. The second kappa shape index (κ2) is 6.95. The van der Waals surface area contributed by atoms with Gasteiger partial charge in [0.15, 0.2) is 0 Å². The van der Waals surface area contributed by atoms with Crippen molar-refractivity contribution in [2.24, 2.45) is 5.10 Å².